The zero-order valence-corrected chi connectivity index (χ0v) is 12.4. The van der Waals surface area contributed by atoms with E-state index in [1.165, 1.54) is 11.3 Å². The fourth-order valence-corrected chi connectivity index (χ4v) is 3.78. The number of primary amides is 1. The molecule has 1 aliphatic rings. The van der Waals surface area contributed by atoms with Gasteiger partial charge in [-0.15, -0.1) is 11.3 Å². The molecule has 0 aliphatic heterocycles. The molecule has 21 heavy (non-hydrogen) atoms. The first kappa shape index (κ1) is 12.8. The van der Waals surface area contributed by atoms with Crippen LogP contribution in [0.15, 0.2) is 16.9 Å². The predicted molar refractivity (Wildman–Crippen MR) is 81.0 cm³/mol. The van der Waals surface area contributed by atoms with E-state index in [1.54, 1.807) is 6.07 Å². The van der Waals surface area contributed by atoms with E-state index >= 15 is 0 Å². The first-order valence-corrected chi connectivity index (χ1v) is 7.74. The molecule has 3 heterocycles. The Labute approximate surface area is 127 Å². The number of nitrogens with zero attached hydrogens (tertiary/aromatic N) is 3. The predicted octanol–water partition coefficient (Wildman–Crippen LogP) is 1.73. The van der Waals surface area contributed by atoms with Crippen LogP contribution in [0.25, 0.3) is 15.7 Å². The number of nitrogens with two attached hydrogens (primary N) is 1. The van der Waals surface area contributed by atoms with Crippen molar-refractivity contribution in [3.63, 3.8) is 0 Å². The molecular weight excluding hydrogens is 312 g/mol. The minimum absolute atomic E-state index is 0.200. The average Bonchev–Trinajstić information content (AvgIpc) is 3.10. The van der Waals surface area contributed by atoms with Gasteiger partial charge in [-0.05, 0) is 25.0 Å². The highest BCUT2D eigenvalue weighted by Crippen LogP contribution is 2.41. The minimum atomic E-state index is -0.577. The topological polar surface area (TPSA) is 82.4 Å². The van der Waals surface area contributed by atoms with Crippen LogP contribution in [0.5, 0.6) is 0 Å². The van der Waals surface area contributed by atoms with E-state index in [0.717, 1.165) is 33.6 Å². The monoisotopic (exact) mass is 322 g/mol. The van der Waals surface area contributed by atoms with Gasteiger partial charge in [0.05, 0.1) is 4.34 Å². The summed E-state index contributed by atoms with van der Waals surface area (Å²) in [7, 11) is 0. The van der Waals surface area contributed by atoms with Gasteiger partial charge >= 0.3 is 0 Å². The van der Waals surface area contributed by atoms with Crippen molar-refractivity contribution in [3.8, 4) is 0 Å². The number of halogens is 1. The maximum Gasteiger partial charge on any atom is 0.291 e. The molecule has 4 rings (SSSR count). The molecule has 0 unspecified atom stereocenters. The summed E-state index contributed by atoms with van der Waals surface area (Å²) < 4.78 is 3.72. The molecule has 2 N–H and O–H groups in total. The van der Waals surface area contributed by atoms with Crippen LogP contribution in [0.3, 0.4) is 0 Å². The molecule has 0 bridgehead atoms. The van der Waals surface area contributed by atoms with E-state index in [-0.39, 0.29) is 12.1 Å². The molecule has 1 saturated carbocycles. The van der Waals surface area contributed by atoms with Crippen molar-refractivity contribution in [2.24, 2.45) is 5.73 Å². The number of carbonyl (C=O) groups is 1. The first-order valence-electron chi connectivity index (χ1n) is 6.54. The lowest BCUT2D eigenvalue weighted by molar-refractivity contribution is -0.118. The maximum atomic E-state index is 12.5. The zero-order chi connectivity index (χ0) is 14.7. The highest BCUT2D eigenvalue weighted by Gasteiger charge is 2.30. The van der Waals surface area contributed by atoms with Gasteiger partial charge in [-0.25, -0.2) is 4.68 Å². The lowest BCUT2D eigenvalue weighted by Gasteiger charge is -2.08. The van der Waals surface area contributed by atoms with Crippen molar-refractivity contribution in [2.45, 2.75) is 25.3 Å². The van der Waals surface area contributed by atoms with Gasteiger partial charge in [-0.1, -0.05) is 11.6 Å². The third kappa shape index (κ3) is 1.96. The zero-order valence-electron chi connectivity index (χ0n) is 10.9. The number of hydrogen-bond donors (Lipinski definition) is 1. The number of carbonyl (C=O) groups excluding carboxylic acids is 1. The van der Waals surface area contributed by atoms with Crippen LogP contribution < -0.4 is 11.3 Å². The molecule has 1 fully saturated rings. The molecule has 0 spiro atoms. The molecule has 108 valence electrons. The summed E-state index contributed by atoms with van der Waals surface area (Å²) in [6.45, 7) is -0.200. The molecule has 1 amide bonds. The SMILES string of the molecule is NC(=O)Cn1nc(C2CC2)n2c(cc3cc(Cl)sc32)c1=O. The average molecular weight is 323 g/mol. The molecule has 1 aliphatic carbocycles. The number of hydrogen-bond acceptors (Lipinski definition) is 4. The van der Waals surface area contributed by atoms with Crippen molar-refractivity contribution < 1.29 is 4.79 Å². The van der Waals surface area contributed by atoms with Crippen LogP contribution in [-0.2, 0) is 11.3 Å². The number of rotatable bonds is 3. The Morgan fingerprint density at radius 1 is 1.48 bits per heavy atom. The Morgan fingerprint density at radius 2 is 2.24 bits per heavy atom. The van der Waals surface area contributed by atoms with E-state index in [2.05, 4.69) is 5.10 Å². The Hall–Kier alpha value is -1.86. The van der Waals surface area contributed by atoms with Crippen LogP contribution in [0.4, 0.5) is 0 Å². The van der Waals surface area contributed by atoms with Gasteiger partial charge in [-0.2, -0.15) is 5.10 Å². The van der Waals surface area contributed by atoms with Gasteiger partial charge in [0.25, 0.3) is 5.56 Å². The summed E-state index contributed by atoms with van der Waals surface area (Å²) in [4.78, 5) is 24.5. The van der Waals surface area contributed by atoms with Crippen molar-refractivity contribution in [2.75, 3.05) is 0 Å². The largest absolute Gasteiger partial charge is 0.368 e. The molecular formula is C13H11ClN4O2S. The third-order valence-electron chi connectivity index (χ3n) is 3.60. The highest BCUT2D eigenvalue weighted by atomic mass is 35.5. The summed E-state index contributed by atoms with van der Waals surface area (Å²) >= 11 is 7.48. The van der Waals surface area contributed by atoms with Crippen LogP contribution in [0.2, 0.25) is 4.34 Å². The second kappa shape index (κ2) is 4.32. The maximum absolute atomic E-state index is 12.5. The molecule has 3 aromatic heterocycles. The van der Waals surface area contributed by atoms with Crippen molar-refractivity contribution in [1.29, 1.82) is 0 Å². The van der Waals surface area contributed by atoms with Crippen LogP contribution in [0.1, 0.15) is 24.6 Å². The summed E-state index contributed by atoms with van der Waals surface area (Å²) in [5.74, 6) is 0.551. The van der Waals surface area contributed by atoms with Crippen LogP contribution >= 0.6 is 22.9 Å². The lowest BCUT2D eigenvalue weighted by Crippen LogP contribution is -2.32. The van der Waals surface area contributed by atoms with Gasteiger partial charge in [0.15, 0.2) is 0 Å². The lowest BCUT2D eigenvalue weighted by atomic mass is 10.4. The fraction of sp³-hybridized carbons (Fsp3) is 0.308. The second-order valence-corrected chi connectivity index (χ2v) is 6.90. The van der Waals surface area contributed by atoms with E-state index in [9.17, 15) is 9.59 Å². The smallest absolute Gasteiger partial charge is 0.291 e. The number of aromatic nitrogens is 3. The molecule has 0 aromatic carbocycles. The summed E-state index contributed by atoms with van der Waals surface area (Å²) in [5, 5.41) is 5.28. The van der Waals surface area contributed by atoms with Gasteiger partial charge < -0.3 is 5.73 Å². The van der Waals surface area contributed by atoms with Crippen molar-refractivity contribution in [3.05, 3.63) is 32.6 Å². The molecule has 0 saturated heterocycles. The Bertz CT molecular complexity index is 951. The number of amides is 1. The normalized spacial score (nSPS) is 15.1. The summed E-state index contributed by atoms with van der Waals surface area (Å²) in [6, 6.07) is 3.63. The number of thiophene rings is 1. The highest BCUT2D eigenvalue weighted by molar-refractivity contribution is 7.22. The van der Waals surface area contributed by atoms with E-state index in [0.29, 0.717) is 15.8 Å². The molecule has 3 aromatic rings. The molecule has 0 radical (unpaired) electrons. The number of fused-ring (bicyclic) bond motifs is 3. The Balaban J connectivity index is 2.10. The molecule has 0 atom stereocenters. The Morgan fingerprint density at radius 3 is 2.90 bits per heavy atom. The first-order chi connectivity index (χ1) is 10.0. The van der Waals surface area contributed by atoms with Crippen LogP contribution in [-0.4, -0.2) is 20.1 Å². The van der Waals surface area contributed by atoms with E-state index < -0.39 is 5.91 Å². The van der Waals surface area contributed by atoms with Gasteiger partial charge in [-0.3, -0.25) is 14.0 Å². The van der Waals surface area contributed by atoms with E-state index in [4.69, 9.17) is 17.3 Å². The Kier molecular flexibility index (Phi) is 2.64. The van der Waals surface area contributed by atoms with Gasteiger partial charge in [0, 0.05) is 11.3 Å². The van der Waals surface area contributed by atoms with Gasteiger partial charge in [0.1, 0.15) is 22.7 Å². The van der Waals surface area contributed by atoms with Gasteiger partial charge in [0.2, 0.25) is 5.91 Å². The van der Waals surface area contributed by atoms with Crippen molar-refractivity contribution in [1.82, 2.24) is 14.2 Å². The second-order valence-electron chi connectivity index (χ2n) is 5.24. The fourth-order valence-electron chi connectivity index (χ4n) is 2.56. The summed E-state index contributed by atoms with van der Waals surface area (Å²) in [6.07, 6.45) is 2.07. The third-order valence-corrected chi connectivity index (χ3v) is 4.87. The quantitative estimate of drug-likeness (QED) is 0.797. The standard InChI is InChI=1S/C13H11ClN4O2S/c14-9-4-7-3-8-12(20)17(5-10(15)19)16-11(6-1-2-6)18(8)13(7)21-9/h3-4,6H,1-2,5H2,(H2,15,19). The summed E-state index contributed by atoms with van der Waals surface area (Å²) in [5.41, 5.74) is 5.41. The minimum Gasteiger partial charge on any atom is -0.368 e. The molecule has 8 heteroatoms. The van der Waals surface area contributed by atoms with Crippen molar-refractivity contribution >= 4 is 44.6 Å². The molecule has 6 nitrogen and oxygen atoms in total. The van der Waals surface area contributed by atoms with E-state index in [1.807, 2.05) is 10.5 Å². The van der Waals surface area contributed by atoms with Crippen LogP contribution in [0, 0.1) is 0 Å².